The van der Waals surface area contributed by atoms with Crippen LogP contribution in [-0.4, -0.2) is 0 Å². The van der Waals surface area contributed by atoms with Gasteiger partial charge in [0.25, 0.3) is 0 Å². The molecule has 0 amide bonds. The van der Waals surface area contributed by atoms with Crippen molar-refractivity contribution in [1.82, 2.24) is 0 Å². The highest BCUT2D eigenvalue weighted by molar-refractivity contribution is 9.09. The summed E-state index contributed by atoms with van der Waals surface area (Å²) < 4.78 is 37.6. The van der Waals surface area contributed by atoms with E-state index >= 15 is 0 Å². The zero-order valence-corrected chi connectivity index (χ0v) is 9.40. The molecule has 1 saturated carbocycles. The summed E-state index contributed by atoms with van der Waals surface area (Å²) in [7, 11) is 0. The molecule has 0 unspecified atom stereocenters. The van der Waals surface area contributed by atoms with Crippen LogP contribution in [0.5, 0.6) is 0 Å². The number of alkyl halides is 4. The third-order valence-electron chi connectivity index (χ3n) is 2.65. The molecule has 0 N–H and O–H groups in total. The Bertz CT molecular complexity index is 366. The topological polar surface area (TPSA) is 0 Å². The van der Waals surface area contributed by atoms with E-state index in [1.165, 1.54) is 6.07 Å². The highest BCUT2D eigenvalue weighted by Gasteiger charge is 2.43. The number of rotatable bonds is 1. The van der Waals surface area contributed by atoms with Crippen molar-refractivity contribution in [2.75, 3.05) is 0 Å². The number of hydrogen-bond acceptors (Lipinski definition) is 0. The Labute approximate surface area is 94.6 Å². The molecule has 0 saturated heterocycles. The van der Waals surface area contributed by atoms with Gasteiger partial charge >= 0.3 is 6.18 Å². The minimum Gasteiger partial charge on any atom is -0.166 e. The summed E-state index contributed by atoms with van der Waals surface area (Å²) in [6.45, 7) is 0. The van der Waals surface area contributed by atoms with Crippen molar-refractivity contribution in [2.24, 2.45) is 0 Å². The summed E-state index contributed by atoms with van der Waals surface area (Å²) in [5, 5.41) is 0. The van der Waals surface area contributed by atoms with Gasteiger partial charge in [-0.05, 0) is 30.9 Å². The summed E-state index contributed by atoms with van der Waals surface area (Å²) >= 11 is 3.39. The summed E-state index contributed by atoms with van der Waals surface area (Å²) in [4.78, 5) is 0. The van der Waals surface area contributed by atoms with Gasteiger partial charge in [-0.1, -0.05) is 34.1 Å². The van der Waals surface area contributed by atoms with E-state index in [0.29, 0.717) is 18.4 Å². The molecule has 4 heteroatoms. The SMILES string of the molecule is FC(F)(F)c1ccccc1C1(Br)C[CH]C1. The van der Waals surface area contributed by atoms with E-state index in [4.69, 9.17) is 0 Å². The van der Waals surface area contributed by atoms with Crippen molar-refractivity contribution in [3.05, 3.63) is 41.8 Å². The molecule has 1 aromatic rings. The third kappa shape index (κ3) is 1.92. The van der Waals surface area contributed by atoms with E-state index in [1.807, 2.05) is 6.42 Å². The predicted octanol–water partition coefficient (Wildman–Crippen LogP) is 4.29. The van der Waals surface area contributed by atoms with Crippen molar-refractivity contribution in [3.63, 3.8) is 0 Å². The monoisotopic (exact) mass is 277 g/mol. The second-order valence-electron chi connectivity index (χ2n) is 3.71. The molecule has 0 heterocycles. The fourth-order valence-corrected chi connectivity index (χ4v) is 2.54. The number of halogens is 4. The molecule has 1 aliphatic carbocycles. The van der Waals surface area contributed by atoms with E-state index in [0.717, 1.165) is 6.07 Å². The first-order valence-electron chi connectivity index (χ1n) is 4.61. The highest BCUT2D eigenvalue weighted by atomic mass is 79.9. The molecule has 0 nitrogen and oxygen atoms in total. The number of benzene rings is 1. The second-order valence-corrected chi connectivity index (χ2v) is 5.22. The van der Waals surface area contributed by atoms with Gasteiger partial charge in [0.05, 0.1) is 9.89 Å². The van der Waals surface area contributed by atoms with Crippen LogP contribution >= 0.6 is 15.9 Å². The summed E-state index contributed by atoms with van der Waals surface area (Å²) in [5.41, 5.74) is -0.185. The van der Waals surface area contributed by atoms with Gasteiger partial charge in [-0.15, -0.1) is 0 Å². The molecule has 0 aromatic heterocycles. The van der Waals surface area contributed by atoms with Crippen molar-refractivity contribution < 1.29 is 13.2 Å². The van der Waals surface area contributed by atoms with E-state index in [1.54, 1.807) is 12.1 Å². The molecule has 15 heavy (non-hydrogen) atoms. The quantitative estimate of drug-likeness (QED) is 0.672. The van der Waals surface area contributed by atoms with E-state index in [2.05, 4.69) is 15.9 Å². The standard InChI is InChI=1S/C11H9BrF3/c12-10(6-3-7-10)8-4-1-2-5-9(8)11(13,14)15/h1-5H,6-7H2. The van der Waals surface area contributed by atoms with Crippen LogP contribution in [0, 0.1) is 6.42 Å². The smallest absolute Gasteiger partial charge is 0.166 e. The van der Waals surface area contributed by atoms with Crippen LogP contribution in [0.25, 0.3) is 0 Å². The molecule has 2 rings (SSSR count). The first-order chi connectivity index (χ1) is 6.93. The first kappa shape index (κ1) is 11.0. The molecule has 0 spiro atoms. The lowest BCUT2D eigenvalue weighted by molar-refractivity contribution is -0.138. The van der Waals surface area contributed by atoms with Crippen LogP contribution in [0.4, 0.5) is 13.2 Å². The normalized spacial score (nSPS) is 19.7. The number of hydrogen-bond donors (Lipinski definition) is 0. The highest BCUT2D eigenvalue weighted by Crippen LogP contribution is 2.51. The van der Waals surface area contributed by atoms with Gasteiger partial charge in [0.1, 0.15) is 0 Å². The van der Waals surface area contributed by atoms with Crippen LogP contribution in [0.2, 0.25) is 0 Å². The van der Waals surface area contributed by atoms with Gasteiger partial charge in [0, 0.05) is 0 Å². The Morgan fingerprint density at radius 1 is 1.13 bits per heavy atom. The lowest BCUT2D eigenvalue weighted by Gasteiger charge is -2.38. The predicted molar refractivity (Wildman–Crippen MR) is 55.6 cm³/mol. The summed E-state index contributed by atoms with van der Waals surface area (Å²) in [5.74, 6) is 0. The third-order valence-corrected chi connectivity index (χ3v) is 3.73. The van der Waals surface area contributed by atoms with Gasteiger partial charge in [-0.2, -0.15) is 13.2 Å². The average Bonchev–Trinajstić information content (AvgIpc) is 2.13. The molecule has 0 bridgehead atoms. The van der Waals surface area contributed by atoms with Crippen LogP contribution in [-0.2, 0) is 10.5 Å². The first-order valence-corrected chi connectivity index (χ1v) is 5.40. The van der Waals surface area contributed by atoms with E-state index in [9.17, 15) is 13.2 Å². The lowest BCUT2D eigenvalue weighted by Crippen LogP contribution is -2.30. The molecule has 81 valence electrons. The van der Waals surface area contributed by atoms with Crippen LogP contribution < -0.4 is 0 Å². The molecule has 1 fully saturated rings. The van der Waals surface area contributed by atoms with Gasteiger partial charge in [-0.25, -0.2) is 0 Å². The lowest BCUT2D eigenvalue weighted by atomic mass is 9.78. The minimum absolute atomic E-state index is 0.347. The van der Waals surface area contributed by atoms with Crippen molar-refractivity contribution >= 4 is 15.9 Å². The maximum absolute atomic E-state index is 12.7. The van der Waals surface area contributed by atoms with E-state index < -0.39 is 16.1 Å². The molecular weight excluding hydrogens is 269 g/mol. The van der Waals surface area contributed by atoms with Crippen LogP contribution in [0.15, 0.2) is 24.3 Å². The molecule has 1 radical (unpaired) electrons. The van der Waals surface area contributed by atoms with Crippen molar-refractivity contribution in [1.29, 1.82) is 0 Å². The second kappa shape index (κ2) is 3.51. The fraction of sp³-hybridized carbons (Fsp3) is 0.364. The molecular formula is C11H9BrF3. The van der Waals surface area contributed by atoms with Gasteiger partial charge in [0.15, 0.2) is 0 Å². The Balaban J connectivity index is 2.47. The molecule has 0 atom stereocenters. The molecule has 1 aliphatic rings. The fourth-order valence-electron chi connectivity index (χ4n) is 1.74. The van der Waals surface area contributed by atoms with Gasteiger partial charge in [-0.3, -0.25) is 0 Å². The maximum Gasteiger partial charge on any atom is 0.416 e. The largest absolute Gasteiger partial charge is 0.416 e. The van der Waals surface area contributed by atoms with Crippen molar-refractivity contribution in [3.8, 4) is 0 Å². The maximum atomic E-state index is 12.7. The Morgan fingerprint density at radius 3 is 2.20 bits per heavy atom. The molecule has 0 aliphatic heterocycles. The Morgan fingerprint density at radius 2 is 1.73 bits per heavy atom. The zero-order valence-electron chi connectivity index (χ0n) is 7.81. The molecule has 1 aromatic carbocycles. The van der Waals surface area contributed by atoms with E-state index in [-0.39, 0.29) is 0 Å². The van der Waals surface area contributed by atoms with Gasteiger partial charge < -0.3 is 0 Å². The summed E-state index contributed by atoms with van der Waals surface area (Å²) in [6, 6.07) is 5.75. The minimum atomic E-state index is -4.27. The average molecular weight is 278 g/mol. The Kier molecular flexibility index (Phi) is 2.57. The van der Waals surface area contributed by atoms with Crippen molar-refractivity contribution in [2.45, 2.75) is 23.3 Å². The zero-order chi connectivity index (χ0) is 11.1. The van der Waals surface area contributed by atoms with Crippen LogP contribution in [0.1, 0.15) is 24.0 Å². The Hall–Kier alpha value is -0.510. The van der Waals surface area contributed by atoms with Gasteiger partial charge in [0.2, 0.25) is 0 Å². The van der Waals surface area contributed by atoms with Crippen LogP contribution in [0.3, 0.4) is 0 Å². The summed E-state index contributed by atoms with van der Waals surface area (Å²) in [6.07, 6.45) is -0.991.